The Balaban J connectivity index is 1.86. The Morgan fingerprint density at radius 1 is 0.846 bits per heavy atom. The number of hydrogen-bond donors (Lipinski definition) is 1. The zero-order valence-corrected chi connectivity index (χ0v) is 16.5. The van der Waals surface area contributed by atoms with Gasteiger partial charge in [-0.1, -0.05) is 51.7 Å². The molecule has 0 saturated heterocycles. The molecule has 26 heavy (non-hydrogen) atoms. The van der Waals surface area contributed by atoms with E-state index < -0.39 is 0 Å². The summed E-state index contributed by atoms with van der Waals surface area (Å²) in [5.41, 5.74) is 7.16. The van der Waals surface area contributed by atoms with Crippen LogP contribution in [0.15, 0.2) is 60.7 Å². The van der Waals surface area contributed by atoms with Crippen LogP contribution in [-0.2, 0) is 12.8 Å². The van der Waals surface area contributed by atoms with E-state index in [0.29, 0.717) is 12.1 Å². The number of aromatic hydroxyl groups is 1. The first-order valence-corrected chi connectivity index (χ1v) is 9.66. The molecule has 3 aromatic carbocycles. The fourth-order valence-corrected chi connectivity index (χ4v) is 3.51. The van der Waals surface area contributed by atoms with Gasteiger partial charge in [0.15, 0.2) is 0 Å². The molecule has 0 bridgehead atoms. The van der Waals surface area contributed by atoms with Crippen molar-refractivity contribution in [2.24, 2.45) is 0 Å². The minimum absolute atomic E-state index is 0.357. The van der Waals surface area contributed by atoms with E-state index in [1.807, 2.05) is 30.3 Å². The van der Waals surface area contributed by atoms with Gasteiger partial charge in [-0.3, -0.25) is 0 Å². The maximum atomic E-state index is 10.2. The molecular weight excluding hydrogens is 339 g/mol. The predicted molar refractivity (Wildman–Crippen MR) is 111 cm³/mol. The fourth-order valence-electron chi connectivity index (χ4n) is 3.32. The average Bonchev–Trinajstić information content (AvgIpc) is 2.62. The minimum Gasteiger partial charge on any atom is -0.508 e. The molecular formula is C23H25O2P. The monoisotopic (exact) mass is 364 g/mol. The Morgan fingerprint density at radius 2 is 1.54 bits per heavy atom. The van der Waals surface area contributed by atoms with Crippen molar-refractivity contribution in [1.29, 1.82) is 0 Å². The molecule has 0 fully saturated rings. The standard InChI is InChI=1S/C23H25O2P/c1-16-10-21(25-15-26)11-17(2)22(16)14-19-8-9-23(24)20(13-19)12-18-6-4-3-5-7-18/h3-11,13,24H,12,14-15,26H2,1-2H3. The second-order valence-electron chi connectivity index (χ2n) is 6.65. The molecule has 2 nitrogen and oxygen atoms in total. The van der Waals surface area contributed by atoms with Crippen LogP contribution in [0, 0.1) is 13.8 Å². The van der Waals surface area contributed by atoms with Crippen molar-refractivity contribution in [3.8, 4) is 11.5 Å². The Bertz CT molecular complexity index is 865. The zero-order chi connectivity index (χ0) is 18.5. The average molecular weight is 364 g/mol. The van der Waals surface area contributed by atoms with Crippen molar-refractivity contribution in [1.82, 2.24) is 0 Å². The predicted octanol–water partition coefficient (Wildman–Crippen LogP) is 5.40. The fraction of sp³-hybridized carbons (Fsp3) is 0.217. The van der Waals surface area contributed by atoms with Gasteiger partial charge in [-0.2, -0.15) is 0 Å². The van der Waals surface area contributed by atoms with Gasteiger partial charge in [0.2, 0.25) is 0 Å². The largest absolute Gasteiger partial charge is 0.508 e. The van der Waals surface area contributed by atoms with Gasteiger partial charge >= 0.3 is 0 Å². The first-order chi connectivity index (χ1) is 12.6. The van der Waals surface area contributed by atoms with Crippen LogP contribution in [-0.4, -0.2) is 11.5 Å². The molecule has 1 unspecified atom stereocenters. The lowest BCUT2D eigenvalue weighted by molar-refractivity contribution is 0.392. The van der Waals surface area contributed by atoms with Crippen LogP contribution in [0.25, 0.3) is 0 Å². The molecule has 0 spiro atoms. The van der Waals surface area contributed by atoms with Gasteiger partial charge < -0.3 is 9.84 Å². The zero-order valence-electron chi connectivity index (χ0n) is 15.3. The van der Waals surface area contributed by atoms with Crippen LogP contribution < -0.4 is 4.74 Å². The number of rotatable bonds is 6. The quantitative estimate of drug-likeness (QED) is 0.593. The Kier molecular flexibility index (Phi) is 5.96. The molecule has 3 aromatic rings. The number of benzene rings is 3. The molecule has 0 saturated carbocycles. The summed E-state index contributed by atoms with van der Waals surface area (Å²) in [6, 6.07) is 20.4. The summed E-state index contributed by atoms with van der Waals surface area (Å²) >= 11 is 0. The minimum atomic E-state index is 0.357. The van der Waals surface area contributed by atoms with E-state index in [-0.39, 0.29) is 0 Å². The van der Waals surface area contributed by atoms with Gasteiger partial charge in [0, 0.05) is 6.42 Å². The van der Waals surface area contributed by atoms with Crippen LogP contribution in [0.3, 0.4) is 0 Å². The third-order valence-electron chi connectivity index (χ3n) is 4.68. The highest BCUT2D eigenvalue weighted by Gasteiger charge is 2.10. The maximum Gasteiger partial charge on any atom is 0.120 e. The third kappa shape index (κ3) is 4.45. The lowest BCUT2D eigenvalue weighted by atomic mass is 9.93. The highest BCUT2D eigenvalue weighted by Crippen LogP contribution is 2.27. The van der Waals surface area contributed by atoms with Crippen molar-refractivity contribution < 1.29 is 9.84 Å². The van der Waals surface area contributed by atoms with Crippen molar-refractivity contribution in [3.05, 3.63) is 94.0 Å². The molecule has 3 rings (SSSR count). The lowest BCUT2D eigenvalue weighted by Crippen LogP contribution is -1.99. The lowest BCUT2D eigenvalue weighted by Gasteiger charge is -2.14. The van der Waals surface area contributed by atoms with E-state index >= 15 is 0 Å². The van der Waals surface area contributed by atoms with Crippen LogP contribution >= 0.6 is 9.24 Å². The Labute approximate surface area is 158 Å². The molecule has 0 amide bonds. The van der Waals surface area contributed by atoms with Crippen molar-refractivity contribution in [3.63, 3.8) is 0 Å². The number of phenols is 1. The molecule has 134 valence electrons. The summed E-state index contributed by atoms with van der Waals surface area (Å²) in [5, 5.41) is 10.2. The molecule has 0 radical (unpaired) electrons. The number of phenolic OH excluding ortho intramolecular Hbond substituents is 1. The number of ether oxygens (including phenoxy) is 1. The van der Waals surface area contributed by atoms with Gasteiger partial charge in [-0.05, 0) is 71.8 Å². The van der Waals surface area contributed by atoms with Crippen molar-refractivity contribution >= 4 is 9.24 Å². The van der Waals surface area contributed by atoms with Gasteiger partial charge in [-0.25, -0.2) is 0 Å². The van der Waals surface area contributed by atoms with Crippen molar-refractivity contribution in [2.75, 3.05) is 6.35 Å². The van der Waals surface area contributed by atoms with Crippen LogP contribution in [0.2, 0.25) is 0 Å². The van der Waals surface area contributed by atoms with Gasteiger partial charge in [-0.15, -0.1) is 0 Å². The second-order valence-corrected chi connectivity index (χ2v) is 6.98. The summed E-state index contributed by atoms with van der Waals surface area (Å²) < 4.78 is 5.60. The van der Waals surface area contributed by atoms with E-state index in [2.05, 4.69) is 53.4 Å². The highest BCUT2D eigenvalue weighted by atomic mass is 31.0. The summed E-state index contributed by atoms with van der Waals surface area (Å²) in [5.74, 6) is 1.27. The summed E-state index contributed by atoms with van der Waals surface area (Å²) in [7, 11) is 2.58. The van der Waals surface area contributed by atoms with E-state index in [4.69, 9.17) is 4.74 Å². The molecule has 1 atom stereocenters. The maximum absolute atomic E-state index is 10.2. The molecule has 0 aliphatic heterocycles. The molecule has 3 heteroatoms. The number of aryl methyl sites for hydroxylation is 2. The Hall–Kier alpha value is -2.31. The highest BCUT2D eigenvalue weighted by molar-refractivity contribution is 7.16. The van der Waals surface area contributed by atoms with E-state index in [1.165, 1.54) is 27.8 Å². The molecule has 0 aliphatic carbocycles. The van der Waals surface area contributed by atoms with E-state index in [9.17, 15) is 5.11 Å². The molecule has 0 aromatic heterocycles. The van der Waals surface area contributed by atoms with Gasteiger partial charge in [0.25, 0.3) is 0 Å². The smallest absolute Gasteiger partial charge is 0.120 e. The van der Waals surface area contributed by atoms with Crippen LogP contribution in [0.1, 0.15) is 33.4 Å². The SMILES string of the molecule is Cc1cc(OCP)cc(C)c1Cc1ccc(O)c(Cc2ccccc2)c1. The summed E-state index contributed by atoms with van der Waals surface area (Å²) in [4.78, 5) is 0. The third-order valence-corrected chi connectivity index (χ3v) is 4.85. The van der Waals surface area contributed by atoms with E-state index in [1.54, 1.807) is 0 Å². The van der Waals surface area contributed by atoms with Gasteiger partial charge in [0.05, 0.1) is 0 Å². The second kappa shape index (κ2) is 8.38. The van der Waals surface area contributed by atoms with E-state index in [0.717, 1.165) is 24.2 Å². The normalized spacial score (nSPS) is 10.7. The van der Waals surface area contributed by atoms with Crippen LogP contribution in [0.4, 0.5) is 0 Å². The summed E-state index contributed by atoms with van der Waals surface area (Å²) in [6.45, 7) is 4.26. The molecule has 0 heterocycles. The Morgan fingerprint density at radius 3 is 2.19 bits per heavy atom. The van der Waals surface area contributed by atoms with Crippen molar-refractivity contribution in [2.45, 2.75) is 26.7 Å². The molecule has 1 N–H and O–H groups in total. The van der Waals surface area contributed by atoms with Crippen LogP contribution in [0.5, 0.6) is 11.5 Å². The van der Waals surface area contributed by atoms with Gasteiger partial charge in [0.1, 0.15) is 17.8 Å². The first kappa shape index (κ1) is 18.5. The summed E-state index contributed by atoms with van der Waals surface area (Å²) in [6.07, 6.45) is 2.18. The topological polar surface area (TPSA) is 29.5 Å². The molecule has 0 aliphatic rings. The number of hydrogen-bond acceptors (Lipinski definition) is 2. The first-order valence-electron chi connectivity index (χ1n) is 8.84.